The van der Waals surface area contributed by atoms with Gasteiger partial charge >= 0.3 is 0 Å². The topological polar surface area (TPSA) is 0 Å². The largest absolute Gasteiger partial charge is 0.0623 e. The van der Waals surface area contributed by atoms with Gasteiger partial charge in [0.05, 0.1) is 2.74 Å². The molecule has 0 aliphatic carbocycles. The fourth-order valence-electron chi connectivity index (χ4n) is 3.34. The Balaban J connectivity index is 2.29. The van der Waals surface area contributed by atoms with Crippen molar-refractivity contribution < 1.29 is 2.74 Å². The van der Waals surface area contributed by atoms with Crippen LogP contribution in [-0.4, -0.2) is 0 Å². The summed E-state index contributed by atoms with van der Waals surface area (Å²) < 4.78 is 16.0. The molecule has 3 aromatic rings. The zero-order valence-corrected chi connectivity index (χ0v) is 16.8. The van der Waals surface area contributed by atoms with Crippen molar-refractivity contribution in [2.24, 2.45) is 0 Å². The quantitative estimate of drug-likeness (QED) is 0.448. The molecule has 0 spiro atoms. The Kier molecular flexibility index (Phi) is 4.13. The third-order valence-electron chi connectivity index (χ3n) is 4.88. The van der Waals surface area contributed by atoms with Gasteiger partial charge in [-0.1, -0.05) is 114 Å². The van der Waals surface area contributed by atoms with E-state index in [0.717, 1.165) is 16.7 Å². The lowest BCUT2D eigenvalue weighted by molar-refractivity contribution is 0.570. The maximum Gasteiger partial charge on any atom is 0.0623 e. The summed E-state index contributed by atoms with van der Waals surface area (Å²) in [6, 6.07) is 21.2. The Morgan fingerprint density at radius 2 is 1.27 bits per heavy atom. The van der Waals surface area contributed by atoms with Gasteiger partial charge in [-0.05, 0) is 44.2 Å². The SMILES string of the molecule is [2H]c1ccc(-c2ccc([2H])cc2-c2ccc(C(C)(C)C)cc2C(C)(C)C)cc1. The summed E-state index contributed by atoms with van der Waals surface area (Å²) in [6.45, 7) is 13.5. The molecule has 0 fully saturated rings. The predicted molar refractivity (Wildman–Crippen MR) is 115 cm³/mol. The molecule has 0 heterocycles. The molecule has 3 rings (SSSR count). The summed E-state index contributed by atoms with van der Waals surface area (Å²) in [5, 5.41) is 0. The van der Waals surface area contributed by atoms with Gasteiger partial charge in [0.15, 0.2) is 0 Å². The third-order valence-corrected chi connectivity index (χ3v) is 4.88. The lowest BCUT2D eigenvalue weighted by Gasteiger charge is -2.28. The average Bonchev–Trinajstić information content (AvgIpc) is 2.60. The Bertz CT molecular complexity index is 984. The van der Waals surface area contributed by atoms with Crippen molar-refractivity contribution in [3.05, 3.63) is 83.9 Å². The maximum atomic E-state index is 8.22. The highest BCUT2D eigenvalue weighted by Crippen LogP contribution is 2.40. The molecule has 0 atom stereocenters. The average molecular weight is 345 g/mol. The molecular formula is C26H30. The Labute approximate surface area is 161 Å². The van der Waals surface area contributed by atoms with E-state index in [1.165, 1.54) is 16.7 Å². The Morgan fingerprint density at radius 1 is 0.615 bits per heavy atom. The van der Waals surface area contributed by atoms with Crippen LogP contribution in [0.25, 0.3) is 22.3 Å². The maximum absolute atomic E-state index is 8.22. The molecule has 0 saturated carbocycles. The van der Waals surface area contributed by atoms with Crippen LogP contribution in [0.3, 0.4) is 0 Å². The van der Waals surface area contributed by atoms with Crippen molar-refractivity contribution in [2.45, 2.75) is 52.4 Å². The Morgan fingerprint density at radius 3 is 1.88 bits per heavy atom. The van der Waals surface area contributed by atoms with Crippen LogP contribution in [0.5, 0.6) is 0 Å². The lowest BCUT2D eigenvalue weighted by atomic mass is 9.76. The van der Waals surface area contributed by atoms with Gasteiger partial charge in [0.1, 0.15) is 0 Å². The highest BCUT2D eigenvalue weighted by atomic mass is 14.3. The molecule has 0 aromatic heterocycles. The van der Waals surface area contributed by atoms with E-state index in [1.54, 1.807) is 0 Å². The molecule has 0 heteroatoms. The van der Waals surface area contributed by atoms with Crippen LogP contribution >= 0.6 is 0 Å². The summed E-state index contributed by atoms with van der Waals surface area (Å²) in [6.07, 6.45) is 0. The zero-order chi connectivity index (χ0) is 20.7. The van der Waals surface area contributed by atoms with Gasteiger partial charge in [0.2, 0.25) is 0 Å². The molecule has 0 N–H and O–H groups in total. The standard InChI is InChI=1S/C26H30/c1-25(2,3)20-16-17-23(24(18-20)26(4,5)6)22-15-11-10-14-21(22)19-12-8-7-9-13-19/h7-18H,1-6H3/i7D,11D. The minimum Gasteiger partial charge on any atom is -0.0622 e. The molecule has 0 aliphatic heterocycles. The van der Waals surface area contributed by atoms with E-state index in [2.05, 4.69) is 59.7 Å². The van der Waals surface area contributed by atoms with E-state index in [0.29, 0.717) is 12.1 Å². The molecule has 0 amide bonds. The molecule has 3 aromatic carbocycles. The molecule has 0 radical (unpaired) electrons. The Hall–Kier alpha value is -2.34. The van der Waals surface area contributed by atoms with Crippen LogP contribution < -0.4 is 0 Å². The number of hydrogen-bond donors (Lipinski definition) is 0. The van der Waals surface area contributed by atoms with Crippen molar-refractivity contribution in [2.75, 3.05) is 0 Å². The van der Waals surface area contributed by atoms with Crippen molar-refractivity contribution in [3.8, 4) is 22.3 Å². The zero-order valence-electron chi connectivity index (χ0n) is 18.8. The number of benzene rings is 3. The predicted octanol–water partition coefficient (Wildman–Crippen LogP) is 7.62. The van der Waals surface area contributed by atoms with E-state index >= 15 is 0 Å². The van der Waals surface area contributed by atoms with Crippen LogP contribution in [-0.2, 0) is 10.8 Å². The smallest absolute Gasteiger partial charge is 0.0622 e. The van der Waals surface area contributed by atoms with Gasteiger partial charge in [-0.2, -0.15) is 0 Å². The second-order valence-electron chi connectivity index (χ2n) is 9.02. The van der Waals surface area contributed by atoms with E-state index in [-0.39, 0.29) is 10.8 Å². The van der Waals surface area contributed by atoms with Crippen molar-refractivity contribution in [1.29, 1.82) is 0 Å². The lowest BCUT2D eigenvalue weighted by Crippen LogP contribution is -2.17. The van der Waals surface area contributed by atoms with E-state index < -0.39 is 0 Å². The molecular weight excluding hydrogens is 312 g/mol. The fourth-order valence-corrected chi connectivity index (χ4v) is 3.34. The molecule has 134 valence electrons. The number of hydrogen-bond acceptors (Lipinski definition) is 0. The molecule has 0 saturated heterocycles. The van der Waals surface area contributed by atoms with Crippen LogP contribution in [0.1, 0.15) is 55.4 Å². The first-order chi connectivity index (χ1) is 13.0. The third kappa shape index (κ3) is 3.75. The van der Waals surface area contributed by atoms with Gasteiger partial charge in [0.25, 0.3) is 0 Å². The minimum atomic E-state index is -0.0169. The molecule has 0 aliphatic rings. The summed E-state index contributed by atoms with van der Waals surface area (Å²) in [4.78, 5) is 0. The van der Waals surface area contributed by atoms with Crippen LogP contribution in [0.2, 0.25) is 0 Å². The first-order valence-corrected chi connectivity index (χ1v) is 9.30. The molecule has 26 heavy (non-hydrogen) atoms. The monoisotopic (exact) mass is 344 g/mol. The van der Waals surface area contributed by atoms with Crippen molar-refractivity contribution >= 4 is 0 Å². The van der Waals surface area contributed by atoms with Gasteiger partial charge in [0, 0.05) is 0 Å². The van der Waals surface area contributed by atoms with Gasteiger partial charge in [-0.15, -0.1) is 0 Å². The summed E-state index contributed by atoms with van der Waals surface area (Å²) in [5.74, 6) is 0. The first kappa shape index (κ1) is 15.9. The highest BCUT2D eigenvalue weighted by molar-refractivity contribution is 5.85. The minimum absolute atomic E-state index is 0.0169. The van der Waals surface area contributed by atoms with E-state index in [1.807, 2.05) is 42.5 Å². The second kappa shape index (κ2) is 6.76. The van der Waals surface area contributed by atoms with Crippen LogP contribution in [0.4, 0.5) is 0 Å². The van der Waals surface area contributed by atoms with Gasteiger partial charge in [-0.25, -0.2) is 0 Å². The normalized spacial score (nSPS) is 13.3. The van der Waals surface area contributed by atoms with Gasteiger partial charge in [-0.3, -0.25) is 0 Å². The van der Waals surface area contributed by atoms with Crippen LogP contribution in [0.15, 0.2) is 72.7 Å². The molecule has 0 nitrogen and oxygen atoms in total. The van der Waals surface area contributed by atoms with Gasteiger partial charge < -0.3 is 0 Å². The summed E-state index contributed by atoms with van der Waals surface area (Å²) in [5.41, 5.74) is 7.12. The summed E-state index contributed by atoms with van der Waals surface area (Å²) >= 11 is 0. The van der Waals surface area contributed by atoms with Crippen LogP contribution in [0, 0.1) is 0 Å². The fraction of sp³-hybridized carbons (Fsp3) is 0.308. The second-order valence-corrected chi connectivity index (χ2v) is 9.02. The van der Waals surface area contributed by atoms with E-state index in [4.69, 9.17) is 2.74 Å². The van der Waals surface area contributed by atoms with Crippen molar-refractivity contribution in [3.63, 3.8) is 0 Å². The molecule has 0 bridgehead atoms. The van der Waals surface area contributed by atoms with Crippen molar-refractivity contribution in [1.82, 2.24) is 0 Å². The first-order valence-electron chi connectivity index (χ1n) is 10.3. The highest BCUT2D eigenvalue weighted by Gasteiger charge is 2.23. The van der Waals surface area contributed by atoms with E-state index in [9.17, 15) is 0 Å². The molecule has 0 unspecified atom stereocenters. The summed E-state index contributed by atoms with van der Waals surface area (Å²) in [7, 11) is 0. The number of rotatable bonds is 2.